The Labute approximate surface area is 226 Å². The van der Waals surface area contributed by atoms with Gasteiger partial charge < -0.3 is 14.8 Å². The second-order valence-corrected chi connectivity index (χ2v) is 11.8. The predicted molar refractivity (Wildman–Crippen MR) is 138 cm³/mol. The molecule has 2 aromatic carbocycles. The highest BCUT2D eigenvalue weighted by molar-refractivity contribution is 7.89. The molecule has 0 bridgehead atoms. The predicted octanol–water partition coefficient (Wildman–Crippen LogP) is 4.51. The van der Waals surface area contributed by atoms with E-state index in [1.807, 2.05) is 0 Å². The SMILES string of the molecule is Cl.N#Cc1ccc(OCC2(CNCC3CCOCC3)CN(S(=O)(=O)c3ccc(Cl)cc3Cl)C2)cc1F. The smallest absolute Gasteiger partial charge is 0.244 e. The summed E-state index contributed by atoms with van der Waals surface area (Å²) in [5.41, 5.74) is -0.576. The summed E-state index contributed by atoms with van der Waals surface area (Å²) in [4.78, 5) is 0.00223. The van der Waals surface area contributed by atoms with E-state index in [9.17, 15) is 12.8 Å². The minimum atomic E-state index is -3.82. The minimum absolute atomic E-state index is 0. The normalized spacial score (nSPS) is 18.1. The molecular formula is C24H27Cl3FN3O4S. The lowest BCUT2D eigenvalue weighted by Crippen LogP contribution is -2.64. The van der Waals surface area contributed by atoms with E-state index in [-0.39, 0.29) is 53.3 Å². The molecule has 0 aliphatic carbocycles. The second-order valence-electron chi connectivity index (χ2n) is 9.08. The Balaban J connectivity index is 0.00000361. The van der Waals surface area contributed by atoms with Crippen LogP contribution in [0, 0.1) is 28.5 Å². The molecule has 1 N–H and O–H groups in total. The first kappa shape index (κ1) is 28.9. The van der Waals surface area contributed by atoms with Gasteiger partial charge in [-0.05, 0) is 55.6 Å². The van der Waals surface area contributed by atoms with Crippen LogP contribution < -0.4 is 10.1 Å². The summed E-state index contributed by atoms with van der Waals surface area (Å²) in [5, 5.41) is 12.8. The van der Waals surface area contributed by atoms with Gasteiger partial charge in [-0.25, -0.2) is 12.8 Å². The molecule has 0 spiro atoms. The van der Waals surface area contributed by atoms with Crippen LogP contribution in [0.2, 0.25) is 10.0 Å². The lowest BCUT2D eigenvalue weighted by Gasteiger charge is -2.49. The van der Waals surface area contributed by atoms with Crippen LogP contribution in [-0.2, 0) is 14.8 Å². The Morgan fingerprint density at radius 1 is 1.19 bits per heavy atom. The first-order chi connectivity index (χ1) is 16.7. The average Bonchev–Trinajstić information content (AvgIpc) is 2.80. The summed E-state index contributed by atoms with van der Waals surface area (Å²) >= 11 is 12.1. The first-order valence-electron chi connectivity index (χ1n) is 11.3. The average molecular weight is 579 g/mol. The van der Waals surface area contributed by atoms with Crippen molar-refractivity contribution in [1.29, 1.82) is 5.26 Å². The van der Waals surface area contributed by atoms with Gasteiger partial charge in [-0.2, -0.15) is 9.57 Å². The monoisotopic (exact) mass is 577 g/mol. The van der Waals surface area contributed by atoms with Crippen LogP contribution >= 0.6 is 35.6 Å². The number of halogens is 4. The Hall–Kier alpha value is -1.64. The number of hydrogen-bond donors (Lipinski definition) is 1. The molecule has 36 heavy (non-hydrogen) atoms. The molecule has 0 saturated carbocycles. The van der Waals surface area contributed by atoms with E-state index in [2.05, 4.69) is 5.32 Å². The number of ether oxygens (including phenoxy) is 2. The highest BCUT2D eigenvalue weighted by atomic mass is 35.5. The van der Waals surface area contributed by atoms with Gasteiger partial charge >= 0.3 is 0 Å². The van der Waals surface area contributed by atoms with Crippen molar-refractivity contribution in [3.63, 3.8) is 0 Å². The van der Waals surface area contributed by atoms with Gasteiger partial charge in [-0.15, -0.1) is 12.4 Å². The summed E-state index contributed by atoms with van der Waals surface area (Å²) in [5.74, 6) is 0.126. The number of rotatable bonds is 9. The molecule has 2 aliphatic heterocycles. The van der Waals surface area contributed by atoms with E-state index in [1.54, 1.807) is 6.07 Å². The van der Waals surface area contributed by atoms with Crippen LogP contribution in [0.1, 0.15) is 18.4 Å². The fourth-order valence-corrected chi connectivity index (χ4v) is 6.77. The maximum atomic E-state index is 14.0. The summed E-state index contributed by atoms with van der Waals surface area (Å²) in [6, 6.07) is 10.1. The maximum absolute atomic E-state index is 14.0. The van der Waals surface area contributed by atoms with Crippen molar-refractivity contribution in [3.05, 3.63) is 57.8 Å². The van der Waals surface area contributed by atoms with Crippen molar-refractivity contribution in [1.82, 2.24) is 9.62 Å². The number of benzene rings is 2. The molecule has 196 valence electrons. The molecule has 0 aromatic heterocycles. The summed E-state index contributed by atoms with van der Waals surface area (Å²) in [7, 11) is -3.82. The molecule has 2 heterocycles. The number of nitrogens with one attached hydrogen (secondary N) is 1. The first-order valence-corrected chi connectivity index (χ1v) is 13.5. The van der Waals surface area contributed by atoms with E-state index >= 15 is 0 Å². The van der Waals surface area contributed by atoms with Crippen molar-refractivity contribution >= 4 is 45.6 Å². The van der Waals surface area contributed by atoms with Crippen molar-refractivity contribution in [2.45, 2.75) is 17.7 Å². The Kier molecular flexibility index (Phi) is 9.86. The Bertz CT molecular complexity index is 1210. The number of sulfonamides is 1. The van der Waals surface area contributed by atoms with Gasteiger partial charge in [-0.3, -0.25) is 0 Å². The second kappa shape index (κ2) is 12.3. The van der Waals surface area contributed by atoms with Gasteiger partial charge in [0.2, 0.25) is 10.0 Å². The third-order valence-corrected chi connectivity index (χ3v) is 8.92. The maximum Gasteiger partial charge on any atom is 0.244 e. The zero-order chi connectivity index (χ0) is 25.1. The van der Waals surface area contributed by atoms with Crippen molar-refractivity contribution < 1.29 is 22.3 Å². The Morgan fingerprint density at radius 3 is 2.56 bits per heavy atom. The quantitative estimate of drug-likeness (QED) is 0.471. The molecule has 2 saturated heterocycles. The molecule has 2 fully saturated rings. The van der Waals surface area contributed by atoms with Gasteiger partial charge in [0.1, 0.15) is 22.5 Å². The van der Waals surface area contributed by atoms with Gasteiger partial charge in [-0.1, -0.05) is 23.2 Å². The molecule has 0 amide bonds. The van der Waals surface area contributed by atoms with E-state index in [1.165, 1.54) is 40.7 Å². The fraction of sp³-hybridized carbons (Fsp3) is 0.458. The Morgan fingerprint density at radius 2 is 1.92 bits per heavy atom. The highest BCUT2D eigenvalue weighted by Gasteiger charge is 2.49. The van der Waals surface area contributed by atoms with Gasteiger partial charge in [0.05, 0.1) is 17.2 Å². The van der Waals surface area contributed by atoms with Gasteiger partial charge in [0.25, 0.3) is 0 Å². The van der Waals surface area contributed by atoms with E-state index in [0.29, 0.717) is 17.5 Å². The summed E-state index contributed by atoms with van der Waals surface area (Å²) in [6.45, 7) is 3.44. The van der Waals surface area contributed by atoms with Crippen molar-refractivity contribution in [2.24, 2.45) is 11.3 Å². The topological polar surface area (TPSA) is 91.7 Å². The zero-order valence-corrected chi connectivity index (χ0v) is 22.5. The number of nitriles is 1. The van der Waals surface area contributed by atoms with Crippen LogP contribution in [0.15, 0.2) is 41.3 Å². The van der Waals surface area contributed by atoms with Gasteiger partial charge in [0.15, 0.2) is 0 Å². The highest BCUT2D eigenvalue weighted by Crippen LogP contribution is 2.38. The van der Waals surface area contributed by atoms with Crippen LogP contribution in [0.25, 0.3) is 0 Å². The molecule has 2 aromatic rings. The fourth-order valence-electron chi connectivity index (χ4n) is 4.35. The summed E-state index contributed by atoms with van der Waals surface area (Å²) < 4.78 is 53.0. The van der Waals surface area contributed by atoms with Crippen LogP contribution in [0.3, 0.4) is 0 Å². The molecule has 7 nitrogen and oxygen atoms in total. The van der Waals surface area contributed by atoms with Crippen molar-refractivity contribution in [3.8, 4) is 11.8 Å². The zero-order valence-electron chi connectivity index (χ0n) is 19.4. The molecular weight excluding hydrogens is 552 g/mol. The van der Waals surface area contributed by atoms with E-state index in [4.69, 9.17) is 37.9 Å². The minimum Gasteiger partial charge on any atom is -0.493 e. The van der Waals surface area contributed by atoms with Crippen molar-refractivity contribution in [2.75, 3.05) is 46.0 Å². The largest absolute Gasteiger partial charge is 0.493 e. The van der Waals surface area contributed by atoms with Gasteiger partial charge in [0, 0.05) is 49.4 Å². The third-order valence-electron chi connectivity index (χ3n) is 6.42. The van der Waals surface area contributed by atoms with E-state index in [0.717, 1.165) is 32.6 Å². The number of hydrogen-bond acceptors (Lipinski definition) is 6. The molecule has 0 radical (unpaired) electrons. The summed E-state index contributed by atoms with van der Waals surface area (Å²) in [6.07, 6.45) is 1.97. The molecule has 2 aliphatic rings. The van der Waals surface area contributed by atoms with Crippen LogP contribution in [0.5, 0.6) is 5.75 Å². The number of nitrogens with zero attached hydrogens (tertiary/aromatic N) is 2. The molecule has 12 heteroatoms. The van der Waals surface area contributed by atoms with Crippen LogP contribution in [0.4, 0.5) is 4.39 Å². The molecule has 4 rings (SSSR count). The standard InChI is InChI=1S/C24H26Cl2FN3O4S.ClH/c25-19-2-4-23(21(26)9-19)35(31,32)30-14-24(15-30,13-29-12-17-5-7-33-8-6-17)16-34-20-3-1-18(11-28)22(27)10-20;/h1-4,9-10,17,29H,5-8,12-16H2;1H. The third kappa shape index (κ3) is 6.62. The molecule has 0 atom stereocenters. The molecule has 0 unspecified atom stereocenters. The van der Waals surface area contributed by atoms with E-state index < -0.39 is 21.3 Å². The lowest BCUT2D eigenvalue weighted by molar-refractivity contribution is 0.0160. The lowest BCUT2D eigenvalue weighted by atomic mass is 9.82. The van der Waals surface area contributed by atoms with Crippen LogP contribution in [-0.4, -0.2) is 58.7 Å².